The van der Waals surface area contributed by atoms with Crippen molar-refractivity contribution in [2.24, 2.45) is 0 Å². The summed E-state index contributed by atoms with van der Waals surface area (Å²) in [5.74, 6) is -0.921. The molecule has 0 saturated carbocycles. The molecule has 1 aromatic heterocycles. The zero-order valence-corrected chi connectivity index (χ0v) is 11.9. The molecule has 0 bridgehead atoms. The highest BCUT2D eigenvalue weighted by molar-refractivity contribution is 7.09. The van der Waals surface area contributed by atoms with Gasteiger partial charge in [0.05, 0.1) is 0 Å². The Morgan fingerprint density at radius 2 is 2.32 bits per heavy atom. The first kappa shape index (κ1) is 14.1. The number of nitrogens with zero attached hydrogens (tertiary/aromatic N) is 1. The normalized spacial score (nSPS) is 22.7. The lowest BCUT2D eigenvalue weighted by Gasteiger charge is -2.31. The number of carboxylic acid groups (broad SMARTS) is 1. The molecule has 0 aliphatic carbocycles. The van der Waals surface area contributed by atoms with Gasteiger partial charge in [-0.25, -0.2) is 4.79 Å². The van der Waals surface area contributed by atoms with Crippen LogP contribution in [0.4, 0.5) is 0 Å². The van der Waals surface area contributed by atoms with Crippen LogP contribution in [-0.4, -0.2) is 34.0 Å². The van der Waals surface area contributed by atoms with Gasteiger partial charge in [0.1, 0.15) is 5.54 Å². The number of aliphatic carboxylic acids is 1. The molecule has 4 nitrogen and oxygen atoms in total. The molecule has 5 heteroatoms. The average molecular weight is 281 g/mol. The van der Waals surface area contributed by atoms with Gasteiger partial charge >= 0.3 is 5.97 Å². The molecule has 1 atom stereocenters. The van der Waals surface area contributed by atoms with E-state index in [-0.39, 0.29) is 5.91 Å². The van der Waals surface area contributed by atoms with Gasteiger partial charge in [-0.05, 0) is 44.1 Å². The first-order valence-corrected chi connectivity index (χ1v) is 7.48. The predicted octanol–water partition coefficient (Wildman–Crippen LogP) is 2.54. The minimum atomic E-state index is -1.000. The fourth-order valence-corrected chi connectivity index (χ4v) is 3.34. The predicted molar refractivity (Wildman–Crippen MR) is 74.2 cm³/mol. The van der Waals surface area contributed by atoms with Crippen LogP contribution in [0.1, 0.15) is 37.5 Å². The number of carbonyl (C=O) groups excluding carboxylic acids is 1. The van der Waals surface area contributed by atoms with Gasteiger partial charge in [0, 0.05) is 17.8 Å². The quantitative estimate of drug-likeness (QED) is 0.902. The maximum atomic E-state index is 12.2. The first-order valence-electron chi connectivity index (χ1n) is 6.60. The Hall–Kier alpha value is -1.36. The summed E-state index contributed by atoms with van der Waals surface area (Å²) in [5, 5.41) is 11.3. The zero-order valence-electron chi connectivity index (χ0n) is 11.1. The number of hydrogen-bond acceptors (Lipinski definition) is 3. The van der Waals surface area contributed by atoms with Gasteiger partial charge in [-0.15, -0.1) is 11.3 Å². The van der Waals surface area contributed by atoms with E-state index < -0.39 is 11.5 Å². The summed E-state index contributed by atoms with van der Waals surface area (Å²) < 4.78 is 0. The summed E-state index contributed by atoms with van der Waals surface area (Å²) in [4.78, 5) is 26.3. The van der Waals surface area contributed by atoms with Gasteiger partial charge in [0.15, 0.2) is 0 Å². The second-order valence-corrected chi connectivity index (χ2v) is 6.19. The SMILES string of the molecule is CC1(C(=O)O)CCCN1C(=O)CCCc1cccs1. The van der Waals surface area contributed by atoms with Gasteiger partial charge in [-0.1, -0.05) is 6.07 Å². The highest BCUT2D eigenvalue weighted by Gasteiger charge is 2.45. The molecule has 1 fully saturated rings. The largest absolute Gasteiger partial charge is 0.480 e. The van der Waals surface area contributed by atoms with Gasteiger partial charge in [0.25, 0.3) is 0 Å². The number of amides is 1. The van der Waals surface area contributed by atoms with E-state index >= 15 is 0 Å². The van der Waals surface area contributed by atoms with Crippen molar-refractivity contribution in [2.75, 3.05) is 6.54 Å². The summed E-state index contributed by atoms with van der Waals surface area (Å²) in [7, 11) is 0. The van der Waals surface area contributed by atoms with Gasteiger partial charge in [-0.2, -0.15) is 0 Å². The van der Waals surface area contributed by atoms with E-state index in [0.717, 1.165) is 19.3 Å². The van der Waals surface area contributed by atoms with E-state index in [1.54, 1.807) is 23.2 Å². The lowest BCUT2D eigenvalue weighted by atomic mass is 9.99. The molecule has 104 valence electrons. The molecule has 1 saturated heterocycles. The third-order valence-corrected chi connectivity index (χ3v) is 4.73. The molecule has 1 unspecified atom stereocenters. The second-order valence-electron chi connectivity index (χ2n) is 5.16. The average Bonchev–Trinajstić information content (AvgIpc) is 2.99. The summed E-state index contributed by atoms with van der Waals surface area (Å²) in [6.45, 7) is 2.22. The maximum Gasteiger partial charge on any atom is 0.329 e. The Balaban J connectivity index is 1.87. The lowest BCUT2D eigenvalue weighted by Crippen LogP contribution is -2.50. The molecule has 1 N–H and O–H groups in total. The summed E-state index contributed by atoms with van der Waals surface area (Å²) in [5.41, 5.74) is -1.000. The summed E-state index contributed by atoms with van der Waals surface area (Å²) in [6.07, 6.45) is 3.44. The molecule has 0 radical (unpaired) electrons. The van der Waals surface area contributed by atoms with Crippen LogP contribution < -0.4 is 0 Å². The molecule has 0 aromatic carbocycles. The molecular formula is C14H19NO3S. The third-order valence-electron chi connectivity index (χ3n) is 3.80. The fourth-order valence-electron chi connectivity index (χ4n) is 2.59. The Labute approximate surface area is 117 Å². The van der Waals surface area contributed by atoms with Crippen molar-refractivity contribution in [2.45, 2.75) is 44.6 Å². The van der Waals surface area contributed by atoms with E-state index in [2.05, 4.69) is 6.07 Å². The maximum absolute atomic E-state index is 12.2. The first-order chi connectivity index (χ1) is 9.04. The molecule has 1 amide bonds. The standard InChI is InChI=1S/C14H19NO3S/c1-14(13(17)18)8-4-9-15(14)12(16)7-2-5-11-6-3-10-19-11/h3,6,10H,2,4-5,7-9H2,1H3,(H,17,18). The molecule has 19 heavy (non-hydrogen) atoms. The molecule has 2 rings (SSSR count). The highest BCUT2D eigenvalue weighted by atomic mass is 32.1. The van der Waals surface area contributed by atoms with Crippen LogP contribution in [0.5, 0.6) is 0 Å². The minimum Gasteiger partial charge on any atom is -0.480 e. The lowest BCUT2D eigenvalue weighted by molar-refractivity contribution is -0.155. The number of hydrogen-bond donors (Lipinski definition) is 1. The number of thiophene rings is 1. The Kier molecular flexibility index (Phi) is 4.24. The highest BCUT2D eigenvalue weighted by Crippen LogP contribution is 2.30. The van der Waals surface area contributed by atoms with E-state index in [4.69, 9.17) is 0 Å². The number of carboxylic acids is 1. The van der Waals surface area contributed by atoms with Crippen molar-refractivity contribution in [3.8, 4) is 0 Å². The van der Waals surface area contributed by atoms with Crippen LogP contribution in [0.2, 0.25) is 0 Å². The zero-order chi connectivity index (χ0) is 13.9. The topological polar surface area (TPSA) is 57.6 Å². The van der Waals surface area contributed by atoms with Crippen LogP contribution in [-0.2, 0) is 16.0 Å². The monoisotopic (exact) mass is 281 g/mol. The molecule has 1 aromatic rings. The molecule has 1 aliphatic heterocycles. The molecule has 2 heterocycles. The van der Waals surface area contributed by atoms with Crippen LogP contribution in [0, 0.1) is 0 Å². The molecule has 1 aliphatic rings. The van der Waals surface area contributed by atoms with Crippen molar-refractivity contribution >= 4 is 23.2 Å². The summed E-state index contributed by atoms with van der Waals surface area (Å²) in [6, 6.07) is 4.07. The van der Waals surface area contributed by atoms with Crippen LogP contribution in [0.15, 0.2) is 17.5 Å². The van der Waals surface area contributed by atoms with Crippen molar-refractivity contribution in [1.29, 1.82) is 0 Å². The number of likely N-dealkylation sites (tertiary alicyclic amines) is 1. The van der Waals surface area contributed by atoms with Crippen molar-refractivity contribution in [3.63, 3.8) is 0 Å². The van der Waals surface area contributed by atoms with E-state index in [9.17, 15) is 14.7 Å². The summed E-state index contributed by atoms with van der Waals surface area (Å²) >= 11 is 1.69. The Morgan fingerprint density at radius 1 is 1.53 bits per heavy atom. The second kappa shape index (κ2) is 5.74. The fraction of sp³-hybridized carbons (Fsp3) is 0.571. The van der Waals surface area contributed by atoms with Crippen LogP contribution in [0.3, 0.4) is 0 Å². The van der Waals surface area contributed by atoms with Crippen LogP contribution in [0.25, 0.3) is 0 Å². The number of carbonyl (C=O) groups is 2. The van der Waals surface area contributed by atoms with Crippen LogP contribution >= 0.6 is 11.3 Å². The van der Waals surface area contributed by atoms with Gasteiger partial charge < -0.3 is 10.0 Å². The Morgan fingerprint density at radius 3 is 2.95 bits per heavy atom. The van der Waals surface area contributed by atoms with Gasteiger partial charge in [0.2, 0.25) is 5.91 Å². The van der Waals surface area contributed by atoms with Crippen molar-refractivity contribution < 1.29 is 14.7 Å². The smallest absolute Gasteiger partial charge is 0.329 e. The minimum absolute atomic E-state index is 0.0287. The van der Waals surface area contributed by atoms with E-state index in [0.29, 0.717) is 19.4 Å². The van der Waals surface area contributed by atoms with Crippen molar-refractivity contribution in [1.82, 2.24) is 4.90 Å². The number of rotatable bonds is 5. The third kappa shape index (κ3) is 2.97. The molecule has 0 spiro atoms. The van der Waals surface area contributed by atoms with E-state index in [1.807, 2.05) is 11.4 Å². The molecular weight excluding hydrogens is 262 g/mol. The Bertz CT molecular complexity index is 457. The van der Waals surface area contributed by atoms with Gasteiger partial charge in [-0.3, -0.25) is 4.79 Å². The number of aryl methyl sites for hydroxylation is 1. The van der Waals surface area contributed by atoms with E-state index in [1.165, 1.54) is 4.88 Å². The van der Waals surface area contributed by atoms with Crippen molar-refractivity contribution in [3.05, 3.63) is 22.4 Å².